The van der Waals surface area contributed by atoms with E-state index >= 15 is 0 Å². The van der Waals surface area contributed by atoms with Crippen LogP contribution >= 0.6 is 0 Å². The van der Waals surface area contributed by atoms with Crippen molar-refractivity contribution < 1.29 is 42.9 Å². The lowest BCUT2D eigenvalue weighted by Crippen LogP contribution is -2.44. The Bertz CT molecular complexity index is 2060. The van der Waals surface area contributed by atoms with E-state index in [9.17, 15) is 19.5 Å². The fourth-order valence-electron chi connectivity index (χ4n) is 7.56. The predicted octanol–water partition coefficient (Wildman–Crippen LogP) is 18.1. The number of likely N-dealkylation sites (N-methyl/N-ethyl adjacent to an activating group) is 1. The van der Waals surface area contributed by atoms with Crippen LogP contribution in [0.1, 0.15) is 194 Å². The first-order valence-corrected chi connectivity index (χ1v) is 31.6. The molecule has 0 aliphatic carbocycles. The third kappa shape index (κ3) is 63.6. The number of hydrogen-bond donors (Lipinski definition) is 0. The highest BCUT2D eigenvalue weighted by atomic mass is 16.7. The molecule has 0 rings (SSSR count). The van der Waals surface area contributed by atoms with Crippen molar-refractivity contribution in [1.29, 1.82) is 0 Å². The second kappa shape index (κ2) is 62.2. The number of ether oxygens (including phenoxy) is 4. The number of nitrogens with zero attached hydrogens (tertiary/aromatic N) is 1. The first-order valence-electron chi connectivity index (χ1n) is 31.6. The molecule has 462 valence electrons. The molecule has 0 saturated carbocycles. The molecule has 0 fully saturated rings. The van der Waals surface area contributed by atoms with Gasteiger partial charge in [-0.15, -0.1) is 0 Å². The van der Waals surface area contributed by atoms with Crippen LogP contribution in [0.3, 0.4) is 0 Å². The van der Waals surface area contributed by atoms with Gasteiger partial charge in [0, 0.05) is 12.8 Å². The highest BCUT2D eigenvalue weighted by molar-refractivity contribution is 5.70. The van der Waals surface area contributed by atoms with Gasteiger partial charge in [0.25, 0.3) is 0 Å². The Morgan fingerprint density at radius 2 is 0.651 bits per heavy atom. The minimum Gasteiger partial charge on any atom is -0.545 e. The summed E-state index contributed by atoms with van der Waals surface area (Å²) >= 11 is 0. The largest absolute Gasteiger partial charge is 0.545 e. The molecule has 9 heteroatoms. The van der Waals surface area contributed by atoms with Crippen LogP contribution in [0.15, 0.2) is 194 Å². The number of rotatable bonds is 55. The number of quaternary nitrogens is 1. The number of carboxylic acid groups (broad SMARTS) is 1. The fraction of sp³-hybridized carbons (Fsp3) is 0.527. The third-order valence-electron chi connectivity index (χ3n) is 12.3. The van der Waals surface area contributed by atoms with Gasteiger partial charge < -0.3 is 33.3 Å². The minimum atomic E-state index is -1.65. The average Bonchev–Trinajstić information content (AvgIpc) is 3.47. The SMILES string of the molecule is CC/C=C\C/C=C\C/C=C\C/C=C\C/C=C\C/C=C\C/C=C\C/C=C\CCCCCCC(=O)OCC(COC(OCC[N+](C)(C)C)C(=O)[O-])OC(=O)CCCCCC/C=C\C/C=C\C/C=C\C/C=C\C/C=C\C/C=C\C/C=C\C/C=C\CC. The monoisotopic (exact) mass is 1140 g/mol. The van der Waals surface area contributed by atoms with Crippen molar-refractivity contribution in [2.45, 2.75) is 206 Å². The molecule has 0 N–H and O–H groups in total. The number of carbonyl (C=O) groups is 3. The van der Waals surface area contributed by atoms with Crippen LogP contribution in [0.2, 0.25) is 0 Å². The summed E-state index contributed by atoms with van der Waals surface area (Å²) in [5.74, 6) is -2.38. The Balaban J connectivity index is 4.40. The van der Waals surface area contributed by atoms with E-state index < -0.39 is 30.3 Å². The van der Waals surface area contributed by atoms with Gasteiger partial charge >= 0.3 is 11.9 Å². The summed E-state index contributed by atoms with van der Waals surface area (Å²) in [6.07, 6.45) is 93.4. The lowest BCUT2D eigenvalue weighted by molar-refractivity contribution is -0.870. The number of carbonyl (C=O) groups excluding carboxylic acids is 3. The first kappa shape index (κ1) is 77.1. The molecule has 0 aliphatic heterocycles. The van der Waals surface area contributed by atoms with Gasteiger partial charge in [0.15, 0.2) is 12.4 Å². The highest BCUT2D eigenvalue weighted by Gasteiger charge is 2.22. The van der Waals surface area contributed by atoms with E-state index in [-0.39, 0.29) is 32.7 Å². The van der Waals surface area contributed by atoms with Crippen molar-refractivity contribution in [2.75, 3.05) is 47.5 Å². The summed E-state index contributed by atoms with van der Waals surface area (Å²) in [6.45, 7) is 4.42. The fourth-order valence-corrected chi connectivity index (χ4v) is 7.56. The predicted molar refractivity (Wildman–Crippen MR) is 351 cm³/mol. The summed E-state index contributed by atoms with van der Waals surface area (Å²) in [6, 6.07) is 0. The van der Waals surface area contributed by atoms with Crippen LogP contribution in [-0.2, 0) is 33.3 Å². The second-order valence-electron chi connectivity index (χ2n) is 21.2. The molecule has 0 saturated heterocycles. The van der Waals surface area contributed by atoms with Crippen LogP contribution in [0, 0.1) is 0 Å². The summed E-state index contributed by atoms with van der Waals surface area (Å²) in [5.41, 5.74) is 0. The van der Waals surface area contributed by atoms with Crippen LogP contribution in [0.4, 0.5) is 0 Å². The van der Waals surface area contributed by atoms with Crippen LogP contribution in [0.25, 0.3) is 0 Å². The molecular formula is C74H113NO8. The summed E-state index contributed by atoms with van der Waals surface area (Å²) in [4.78, 5) is 37.4. The molecule has 0 radical (unpaired) electrons. The van der Waals surface area contributed by atoms with Gasteiger partial charge in [-0.1, -0.05) is 234 Å². The number of hydrogen-bond acceptors (Lipinski definition) is 8. The van der Waals surface area contributed by atoms with Gasteiger partial charge in [-0.3, -0.25) is 9.59 Å². The van der Waals surface area contributed by atoms with Crippen LogP contribution in [-0.4, -0.2) is 82.3 Å². The zero-order chi connectivity index (χ0) is 60.5. The molecular weight excluding hydrogens is 1030 g/mol. The van der Waals surface area contributed by atoms with Gasteiger partial charge in [-0.05, 0) is 141 Å². The molecule has 0 amide bonds. The van der Waals surface area contributed by atoms with Crippen molar-refractivity contribution in [3.8, 4) is 0 Å². The molecule has 0 bridgehead atoms. The molecule has 83 heavy (non-hydrogen) atoms. The Morgan fingerprint density at radius 3 is 0.952 bits per heavy atom. The standard InChI is InChI=1S/C74H113NO8/c1-6-8-10-12-14-16-18-20-22-24-26-28-30-32-34-36-38-40-42-44-46-48-50-52-54-56-58-60-62-64-71(76)81-68-70(69-82-74(73(78)79)80-67-66-75(3,4)5)83-72(77)65-63-61-59-57-55-53-51-49-47-45-43-41-39-37-35-33-31-29-27-25-23-21-19-17-15-13-11-9-7-2/h8-11,14-17,20-23,26-29,32-35,38-41,44-47,50-53,70,74H,6-7,12-13,18-19,24-25,30-31,36-37,42-43,48-49,54-69H2,1-5H3/b10-8-,11-9-,16-14-,17-15-,22-20-,23-21-,28-26-,29-27-,34-32-,35-33-,40-38-,41-39-,46-44-,47-45-,52-50-,53-51-. The van der Waals surface area contributed by atoms with E-state index in [1.807, 2.05) is 21.1 Å². The van der Waals surface area contributed by atoms with E-state index in [2.05, 4.69) is 208 Å². The van der Waals surface area contributed by atoms with E-state index in [1.165, 1.54) is 0 Å². The molecule has 0 aromatic carbocycles. The minimum absolute atomic E-state index is 0.125. The summed E-state index contributed by atoms with van der Waals surface area (Å²) < 4.78 is 22.7. The summed E-state index contributed by atoms with van der Waals surface area (Å²) in [5, 5.41) is 11.8. The van der Waals surface area contributed by atoms with Crippen LogP contribution < -0.4 is 5.11 Å². The smallest absolute Gasteiger partial charge is 0.306 e. The lowest BCUT2D eigenvalue weighted by Gasteiger charge is -2.26. The van der Waals surface area contributed by atoms with Crippen molar-refractivity contribution in [3.05, 3.63) is 194 Å². The molecule has 0 aliphatic rings. The number of esters is 2. The number of aliphatic carboxylic acids is 1. The van der Waals surface area contributed by atoms with E-state index in [1.54, 1.807) is 0 Å². The van der Waals surface area contributed by atoms with E-state index in [0.717, 1.165) is 154 Å². The Labute approximate surface area is 506 Å². The van der Waals surface area contributed by atoms with Gasteiger partial charge in [-0.25, -0.2) is 0 Å². The van der Waals surface area contributed by atoms with E-state index in [0.29, 0.717) is 23.9 Å². The molecule has 0 aromatic rings. The van der Waals surface area contributed by atoms with Crippen molar-refractivity contribution in [2.24, 2.45) is 0 Å². The zero-order valence-electron chi connectivity index (χ0n) is 52.5. The van der Waals surface area contributed by atoms with Crippen molar-refractivity contribution >= 4 is 17.9 Å². The number of unbranched alkanes of at least 4 members (excludes halogenated alkanes) is 8. The van der Waals surface area contributed by atoms with Crippen molar-refractivity contribution in [3.63, 3.8) is 0 Å². The van der Waals surface area contributed by atoms with Crippen LogP contribution in [0.5, 0.6) is 0 Å². The molecule has 0 heterocycles. The second-order valence-corrected chi connectivity index (χ2v) is 21.2. The zero-order valence-corrected chi connectivity index (χ0v) is 52.5. The molecule has 2 atom stereocenters. The Morgan fingerprint density at radius 1 is 0.361 bits per heavy atom. The quantitative estimate of drug-likeness (QED) is 0.0195. The normalized spacial score (nSPS) is 14.1. The number of carboxylic acids is 1. The van der Waals surface area contributed by atoms with Gasteiger partial charge in [-0.2, -0.15) is 0 Å². The molecule has 0 aromatic heterocycles. The molecule has 2 unspecified atom stereocenters. The first-order chi connectivity index (χ1) is 40.6. The lowest BCUT2D eigenvalue weighted by atomic mass is 10.1. The maximum Gasteiger partial charge on any atom is 0.306 e. The van der Waals surface area contributed by atoms with Gasteiger partial charge in [0.2, 0.25) is 0 Å². The van der Waals surface area contributed by atoms with E-state index in [4.69, 9.17) is 18.9 Å². The Kier molecular flexibility index (Phi) is 57.8. The van der Waals surface area contributed by atoms with Crippen molar-refractivity contribution in [1.82, 2.24) is 0 Å². The molecule has 9 nitrogen and oxygen atoms in total. The van der Waals surface area contributed by atoms with Gasteiger partial charge in [0.05, 0.1) is 40.3 Å². The number of allylic oxidation sites excluding steroid dienone is 32. The summed E-state index contributed by atoms with van der Waals surface area (Å²) in [7, 11) is 5.89. The average molecular weight is 1140 g/mol. The topological polar surface area (TPSA) is 111 Å². The molecule has 0 spiro atoms. The maximum absolute atomic E-state index is 12.9. The highest BCUT2D eigenvalue weighted by Crippen LogP contribution is 2.12. The Hall–Kier alpha value is -5.87. The van der Waals surface area contributed by atoms with Gasteiger partial charge in [0.1, 0.15) is 13.2 Å². The maximum atomic E-state index is 12.9. The third-order valence-corrected chi connectivity index (χ3v) is 12.3.